The van der Waals surface area contributed by atoms with Gasteiger partial charge < -0.3 is 20.7 Å². The smallest absolute Gasteiger partial charge is 0.317 e. The van der Waals surface area contributed by atoms with E-state index in [9.17, 15) is 4.79 Å². The van der Waals surface area contributed by atoms with Crippen LogP contribution in [0, 0.1) is 5.92 Å². The van der Waals surface area contributed by atoms with Crippen LogP contribution < -0.4 is 11.1 Å². The van der Waals surface area contributed by atoms with Gasteiger partial charge in [0.15, 0.2) is 0 Å². The first-order valence-electron chi connectivity index (χ1n) is 5.64. The minimum Gasteiger partial charge on any atom is -0.373 e. The molecule has 1 aliphatic carbocycles. The number of hydrogen-bond acceptors (Lipinski definition) is 3. The number of urea groups is 1. The summed E-state index contributed by atoms with van der Waals surface area (Å²) in [6.07, 6.45) is 2.52. The molecule has 0 bridgehead atoms. The van der Waals surface area contributed by atoms with Crippen molar-refractivity contribution >= 4 is 6.03 Å². The molecule has 86 valence electrons. The molecule has 0 spiro atoms. The Labute approximate surface area is 89.9 Å². The zero-order valence-corrected chi connectivity index (χ0v) is 8.95. The first-order chi connectivity index (χ1) is 7.29. The van der Waals surface area contributed by atoms with Crippen LogP contribution >= 0.6 is 0 Å². The molecule has 1 heterocycles. The Kier molecular flexibility index (Phi) is 3.43. The largest absolute Gasteiger partial charge is 0.373 e. The number of carbonyl (C=O) groups excluding carboxylic acids is 1. The van der Waals surface area contributed by atoms with Gasteiger partial charge in [-0.3, -0.25) is 0 Å². The Balaban J connectivity index is 1.72. The molecule has 2 rings (SSSR count). The summed E-state index contributed by atoms with van der Waals surface area (Å²) in [7, 11) is 0. The van der Waals surface area contributed by atoms with Crippen molar-refractivity contribution in [3.8, 4) is 0 Å². The van der Waals surface area contributed by atoms with Crippen molar-refractivity contribution in [2.24, 2.45) is 11.7 Å². The second-order valence-electron chi connectivity index (χ2n) is 4.30. The van der Waals surface area contributed by atoms with Gasteiger partial charge in [-0.2, -0.15) is 0 Å². The van der Waals surface area contributed by atoms with Crippen LogP contribution in [0.2, 0.25) is 0 Å². The molecule has 1 atom stereocenters. The minimum atomic E-state index is 0.00502. The molecule has 0 aromatic rings. The number of nitrogens with one attached hydrogen (secondary N) is 1. The summed E-state index contributed by atoms with van der Waals surface area (Å²) in [5.74, 6) is 0.722. The molecular weight excluding hydrogens is 194 g/mol. The Morgan fingerprint density at radius 3 is 3.00 bits per heavy atom. The third-order valence-electron chi connectivity index (χ3n) is 2.93. The van der Waals surface area contributed by atoms with E-state index in [4.69, 9.17) is 10.5 Å². The van der Waals surface area contributed by atoms with Crippen molar-refractivity contribution in [3.05, 3.63) is 0 Å². The van der Waals surface area contributed by atoms with Crippen LogP contribution in [0.15, 0.2) is 0 Å². The summed E-state index contributed by atoms with van der Waals surface area (Å²) >= 11 is 0. The van der Waals surface area contributed by atoms with Gasteiger partial charge in [-0.1, -0.05) is 0 Å². The molecule has 5 heteroatoms. The maximum Gasteiger partial charge on any atom is 0.317 e. The lowest BCUT2D eigenvalue weighted by molar-refractivity contribution is -0.00860. The van der Waals surface area contributed by atoms with Crippen molar-refractivity contribution in [2.75, 3.05) is 32.8 Å². The molecule has 1 saturated carbocycles. The molecule has 2 aliphatic rings. The van der Waals surface area contributed by atoms with E-state index in [0.717, 1.165) is 12.5 Å². The number of nitrogens with two attached hydrogens (primary N) is 1. The van der Waals surface area contributed by atoms with Crippen LogP contribution in [0.4, 0.5) is 4.79 Å². The molecule has 5 nitrogen and oxygen atoms in total. The number of nitrogens with zero attached hydrogens (tertiary/aromatic N) is 1. The van der Waals surface area contributed by atoms with Crippen molar-refractivity contribution in [3.63, 3.8) is 0 Å². The molecule has 1 saturated heterocycles. The maximum absolute atomic E-state index is 11.7. The second kappa shape index (κ2) is 4.81. The molecular formula is C10H19N3O2. The van der Waals surface area contributed by atoms with E-state index in [1.807, 2.05) is 0 Å². The highest BCUT2D eigenvalue weighted by atomic mass is 16.5. The molecule has 2 fully saturated rings. The Hall–Kier alpha value is -0.810. The number of rotatable bonds is 3. The van der Waals surface area contributed by atoms with Crippen LogP contribution in [0.5, 0.6) is 0 Å². The second-order valence-corrected chi connectivity index (χ2v) is 4.30. The fourth-order valence-electron chi connectivity index (χ4n) is 1.71. The predicted octanol–water partition coefficient (Wildman–Crippen LogP) is -0.234. The van der Waals surface area contributed by atoms with Crippen LogP contribution in [-0.4, -0.2) is 49.8 Å². The average Bonchev–Trinajstić information content (AvgIpc) is 3.10. The maximum atomic E-state index is 11.7. The summed E-state index contributed by atoms with van der Waals surface area (Å²) in [4.78, 5) is 13.5. The molecule has 15 heavy (non-hydrogen) atoms. The SMILES string of the molecule is NCC1CN(C(=O)NCC2CC2)CCO1. The number of hydrogen-bond donors (Lipinski definition) is 2. The van der Waals surface area contributed by atoms with Gasteiger partial charge in [0.05, 0.1) is 12.7 Å². The monoisotopic (exact) mass is 213 g/mol. The predicted molar refractivity (Wildman–Crippen MR) is 56.5 cm³/mol. The van der Waals surface area contributed by atoms with Crippen molar-refractivity contribution in [1.82, 2.24) is 10.2 Å². The number of ether oxygens (including phenoxy) is 1. The third-order valence-corrected chi connectivity index (χ3v) is 2.93. The number of morpholine rings is 1. The Bertz CT molecular complexity index is 231. The molecule has 0 radical (unpaired) electrons. The lowest BCUT2D eigenvalue weighted by atomic mass is 10.3. The van der Waals surface area contributed by atoms with Crippen LogP contribution in [0.25, 0.3) is 0 Å². The highest BCUT2D eigenvalue weighted by Gasteiger charge is 2.26. The average molecular weight is 213 g/mol. The number of carbonyl (C=O) groups is 1. The third kappa shape index (κ3) is 3.07. The summed E-state index contributed by atoms with van der Waals surface area (Å²) in [6, 6.07) is 0.0312. The van der Waals surface area contributed by atoms with Gasteiger partial charge in [-0.15, -0.1) is 0 Å². The van der Waals surface area contributed by atoms with Crippen LogP contribution in [0.1, 0.15) is 12.8 Å². The van der Waals surface area contributed by atoms with Gasteiger partial charge in [0.1, 0.15) is 0 Å². The van der Waals surface area contributed by atoms with Gasteiger partial charge in [-0.25, -0.2) is 4.79 Å². The zero-order valence-electron chi connectivity index (χ0n) is 8.95. The topological polar surface area (TPSA) is 67.6 Å². The normalized spacial score (nSPS) is 26.5. The van der Waals surface area contributed by atoms with E-state index in [1.54, 1.807) is 4.90 Å². The lowest BCUT2D eigenvalue weighted by Crippen LogP contribution is -2.51. The summed E-state index contributed by atoms with van der Waals surface area (Å²) in [6.45, 7) is 3.19. The Morgan fingerprint density at radius 2 is 2.33 bits per heavy atom. The van der Waals surface area contributed by atoms with E-state index >= 15 is 0 Å². The summed E-state index contributed by atoms with van der Waals surface area (Å²) in [5, 5.41) is 2.95. The standard InChI is InChI=1S/C10H19N3O2/c11-5-9-7-13(3-4-15-9)10(14)12-6-8-1-2-8/h8-9H,1-7,11H2,(H,12,14). The van der Waals surface area contributed by atoms with E-state index in [-0.39, 0.29) is 12.1 Å². The van der Waals surface area contributed by atoms with Gasteiger partial charge in [-0.05, 0) is 18.8 Å². The van der Waals surface area contributed by atoms with Crippen molar-refractivity contribution < 1.29 is 9.53 Å². The first-order valence-corrected chi connectivity index (χ1v) is 5.64. The zero-order chi connectivity index (χ0) is 10.7. The molecule has 2 amide bonds. The molecule has 1 aliphatic heterocycles. The highest BCUT2D eigenvalue weighted by molar-refractivity contribution is 5.74. The fourth-order valence-corrected chi connectivity index (χ4v) is 1.71. The highest BCUT2D eigenvalue weighted by Crippen LogP contribution is 2.27. The Morgan fingerprint density at radius 1 is 1.53 bits per heavy atom. The molecule has 0 aromatic heterocycles. The van der Waals surface area contributed by atoms with E-state index in [2.05, 4.69) is 5.32 Å². The summed E-state index contributed by atoms with van der Waals surface area (Å²) < 4.78 is 5.40. The fraction of sp³-hybridized carbons (Fsp3) is 0.900. The van der Waals surface area contributed by atoms with Crippen molar-refractivity contribution in [2.45, 2.75) is 18.9 Å². The van der Waals surface area contributed by atoms with E-state index in [1.165, 1.54) is 12.8 Å². The van der Waals surface area contributed by atoms with E-state index < -0.39 is 0 Å². The summed E-state index contributed by atoms with van der Waals surface area (Å²) in [5.41, 5.74) is 5.51. The van der Waals surface area contributed by atoms with E-state index in [0.29, 0.717) is 26.2 Å². The van der Waals surface area contributed by atoms with Crippen LogP contribution in [0.3, 0.4) is 0 Å². The van der Waals surface area contributed by atoms with Gasteiger partial charge >= 0.3 is 6.03 Å². The van der Waals surface area contributed by atoms with Crippen LogP contribution in [-0.2, 0) is 4.74 Å². The lowest BCUT2D eigenvalue weighted by Gasteiger charge is -2.32. The minimum absolute atomic E-state index is 0.00502. The first kappa shape index (κ1) is 10.7. The molecule has 1 unspecified atom stereocenters. The number of amides is 2. The molecule has 0 aromatic carbocycles. The van der Waals surface area contributed by atoms with Gasteiger partial charge in [0.2, 0.25) is 0 Å². The molecule has 3 N–H and O–H groups in total. The van der Waals surface area contributed by atoms with Gasteiger partial charge in [0.25, 0.3) is 0 Å². The quantitative estimate of drug-likeness (QED) is 0.680. The van der Waals surface area contributed by atoms with Gasteiger partial charge in [0, 0.05) is 26.2 Å². The van der Waals surface area contributed by atoms with Crippen molar-refractivity contribution in [1.29, 1.82) is 0 Å².